The van der Waals surface area contributed by atoms with Gasteiger partial charge in [0.1, 0.15) is 11.0 Å². The van der Waals surface area contributed by atoms with Gasteiger partial charge in [0.05, 0.1) is 28.2 Å². The number of aliphatic hydroxyl groups is 1. The molecular formula is C19H19Cl2N5O2. The molecule has 0 bridgehead atoms. The summed E-state index contributed by atoms with van der Waals surface area (Å²) in [5, 5.41) is 13.4. The number of hydrogen-bond donors (Lipinski definition) is 2. The molecule has 2 heterocycles. The number of aromatic nitrogens is 3. The highest BCUT2D eigenvalue weighted by atomic mass is 35.5. The molecule has 146 valence electrons. The molecule has 0 radical (unpaired) electrons. The standard InChI is InChI=1S/C19H19Cl2N5O2/c1-19(2,28)7-8-26-15-9-11(5-6-14(15)25(4)18(26)27)23-17-12(20)10-13(22-3)16(21)24-17/h5-6,9-10,28H,7-8H2,1-2,4H3,(H,23,24). The van der Waals surface area contributed by atoms with E-state index in [0.29, 0.717) is 24.5 Å². The van der Waals surface area contributed by atoms with Crippen molar-refractivity contribution in [1.29, 1.82) is 0 Å². The molecule has 3 aromatic rings. The van der Waals surface area contributed by atoms with Crippen LogP contribution >= 0.6 is 23.2 Å². The van der Waals surface area contributed by atoms with Gasteiger partial charge in [-0.3, -0.25) is 9.13 Å². The quantitative estimate of drug-likeness (QED) is 0.471. The average Bonchev–Trinajstić information content (AvgIpc) is 2.86. The van der Waals surface area contributed by atoms with Crippen molar-refractivity contribution in [2.75, 3.05) is 5.32 Å². The lowest BCUT2D eigenvalue weighted by Crippen LogP contribution is -2.27. The van der Waals surface area contributed by atoms with Crippen LogP contribution in [-0.2, 0) is 13.6 Å². The molecule has 2 aromatic heterocycles. The highest BCUT2D eigenvalue weighted by Crippen LogP contribution is 2.33. The Hall–Kier alpha value is -2.53. The molecule has 0 aliphatic heterocycles. The van der Waals surface area contributed by atoms with Crippen LogP contribution in [0.5, 0.6) is 0 Å². The van der Waals surface area contributed by atoms with Crippen LogP contribution in [0.2, 0.25) is 10.2 Å². The van der Waals surface area contributed by atoms with E-state index in [-0.39, 0.29) is 21.6 Å². The van der Waals surface area contributed by atoms with Crippen LogP contribution in [0.3, 0.4) is 0 Å². The minimum atomic E-state index is -0.879. The lowest BCUT2D eigenvalue weighted by atomic mass is 10.1. The van der Waals surface area contributed by atoms with Gasteiger partial charge in [-0.05, 0) is 44.5 Å². The summed E-state index contributed by atoms with van der Waals surface area (Å²) in [6.07, 6.45) is 0.435. The van der Waals surface area contributed by atoms with Crippen molar-refractivity contribution >= 4 is 51.4 Å². The van der Waals surface area contributed by atoms with Crippen molar-refractivity contribution in [3.8, 4) is 0 Å². The van der Waals surface area contributed by atoms with E-state index in [0.717, 1.165) is 11.0 Å². The Morgan fingerprint density at radius 2 is 2.00 bits per heavy atom. The Labute approximate surface area is 172 Å². The summed E-state index contributed by atoms with van der Waals surface area (Å²) in [6, 6.07) is 6.89. The second-order valence-corrected chi connectivity index (χ2v) is 7.89. The molecule has 0 amide bonds. The Bertz CT molecular complexity index is 1150. The number of hydrogen-bond acceptors (Lipinski definition) is 4. The van der Waals surface area contributed by atoms with Gasteiger partial charge < -0.3 is 10.4 Å². The summed E-state index contributed by atoms with van der Waals surface area (Å²) in [5.41, 5.74) is 1.30. The number of aryl methyl sites for hydroxylation is 2. The van der Waals surface area contributed by atoms with E-state index in [2.05, 4.69) is 15.1 Å². The number of nitrogens with zero attached hydrogens (tertiary/aromatic N) is 4. The number of imidazole rings is 1. The van der Waals surface area contributed by atoms with Gasteiger partial charge in [-0.25, -0.2) is 14.6 Å². The molecule has 7 nitrogen and oxygen atoms in total. The van der Waals surface area contributed by atoms with Crippen molar-refractivity contribution in [2.45, 2.75) is 32.4 Å². The first-order valence-electron chi connectivity index (χ1n) is 8.53. The minimum absolute atomic E-state index is 0.0600. The van der Waals surface area contributed by atoms with E-state index in [1.807, 2.05) is 12.1 Å². The lowest BCUT2D eigenvalue weighted by Gasteiger charge is -2.17. The summed E-state index contributed by atoms with van der Waals surface area (Å²) in [4.78, 5) is 20.0. The van der Waals surface area contributed by atoms with Crippen LogP contribution in [0.15, 0.2) is 29.1 Å². The maximum atomic E-state index is 12.6. The first-order valence-corrected chi connectivity index (χ1v) is 9.28. The van der Waals surface area contributed by atoms with Gasteiger partial charge >= 0.3 is 5.69 Å². The molecule has 3 rings (SSSR count). The Balaban J connectivity index is 2.01. The maximum absolute atomic E-state index is 12.6. The van der Waals surface area contributed by atoms with Crippen molar-refractivity contribution in [3.63, 3.8) is 0 Å². The van der Waals surface area contributed by atoms with Gasteiger partial charge in [0.2, 0.25) is 5.69 Å². The third kappa shape index (κ3) is 3.99. The van der Waals surface area contributed by atoms with E-state index in [9.17, 15) is 9.90 Å². The van der Waals surface area contributed by atoms with Crippen LogP contribution in [0.1, 0.15) is 20.3 Å². The molecule has 0 aliphatic rings. The summed E-state index contributed by atoms with van der Waals surface area (Å²) in [7, 11) is 1.71. The number of nitrogens with one attached hydrogen (secondary N) is 1. The second-order valence-electron chi connectivity index (χ2n) is 7.12. The van der Waals surface area contributed by atoms with Crippen molar-refractivity contribution in [3.05, 3.63) is 56.3 Å². The van der Waals surface area contributed by atoms with Crippen molar-refractivity contribution in [2.24, 2.45) is 7.05 Å². The van der Waals surface area contributed by atoms with Gasteiger partial charge in [-0.15, -0.1) is 0 Å². The third-order valence-corrected chi connectivity index (χ3v) is 4.95. The highest BCUT2D eigenvalue weighted by molar-refractivity contribution is 6.36. The molecule has 9 heteroatoms. The SMILES string of the molecule is [C-]#[N+]c1cc(Cl)c(Nc2ccc3c(c2)n(CCC(C)(C)O)c(=O)n3C)nc1Cl. The largest absolute Gasteiger partial charge is 0.390 e. The smallest absolute Gasteiger partial charge is 0.328 e. The zero-order valence-corrected chi connectivity index (χ0v) is 17.1. The normalized spacial score (nSPS) is 11.6. The number of fused-ring (bicyclic) bond motifs is 1. The molecule has 0 atom stereocenters. The third-order valence-electron chi connectivity index (χ3n) is 4.39. The molecular weight excluding hydrogens is 401 g/mol. The summed E-state index contributed by atoms with van der Waals surface area (Å²) in [5.74, 6) is 0.319. The molecule has 1 aromatic carbocycles. The Kier molecular flexibility index (Phi) is 5.39. The van der Waals surface area contributed by atoms with Gasteiger partial charge in [0.15, 0.2) is 0 Å². The molecule has 0 fully saturated rings. The summed E-state index contributed by atoms with van der Waals surface area (Å²) in [6.45, 7) is 10.9. The van der Waals surface area contributed by atoms with Gasteiger partial charge in [0.25, 0.3) is 0 Å². The summed E-state index contributed by atoms with van der Waals surface area (Å²) >= 11 is 12.2. The molecule has 2 N–H and O–H groups in total. The number of anilines is 2. The fourth-order valence-corrected chi connectivity index (χ4v) is 3.22. The van der Waals surface area contributed by atoms with Crippen LogP contribution in [0, 0.1) is 6.57 Å². The van der Waals surface area contributed by atoms with E-state index >= 15 is 0 Å². The molecule has 0 spiro atoms. The average molecular weight is 420 g/mol. The van der Waals surface area contributed by atoms with Crippen molar-refractivity contribution < 1.29 is 5.11 Å². The fourth-order valence-electron chi connectivity index (χ4n) is 2.85. The molecule has 0 unspecified atom stereocenters. The number of benzene rings is 1. The number of halogens is 2. The zero-order chi connectivity index (χ0) is 20.6. The predicted octanol–water partition coefficient (Wildman–Crippen LogP) is 4.50. The minimum Gasteiger partial charge on any atom is -0.390 e. The van der Waals surface area contributed by atoms with Crippen molar-refractivity contribution in [1.82, 2.24) is 14.1 Å². The van der Waals surface area contributed by atoms with E-state index in [1.54, 1.807) is 36.1 Å². The summed E-state index contributed by atoms with van der Waals surface area (Å²) < 4.78 is 3.19. The Morgan fingerprint density at radius 3 is 2.64 bits per heavy atom. The predicted molar refractivity (Wildman–Crippen MR) is 112 cm³/mol. The molecule has 0 aliphatic carbocycles. The van der Waals surface area contributed by atoms with E-state index < -0.39 is 5.60 Å². The Morgan fingerprint density at radius 1 is 1.29 bits per heavy atom. The van der Waals surface area contributed by atoms with Crippen LogP contribution in [0.25, 0.3) is 15.9 Å². The maximum Gasteiger partial charge on any atom is 0.328 e. The van der Waals surface area contributed by atoms with Crippen LogP contribution in [-0.4, -0.2) is 24.8 Å². The molecule has 0 saturated heterocycles. The number of rotatable bonds is 5. The topological polar surface area (TPSA) is 76.4 Å². The zero-order valence-electron chi connectivity index (χ0n) is 15.6. The van der Waals surface area contributed by atoms with Crippen LogP contribution in [0.4, 0.5) is 17.2 Å². The number of pyridine rings is 1. The van der Waals surface area contributed by atoms with Crippen LogP contribution < -0.4 is 11.0 Å². The molecule has 28 heavy (non-hydrogen) atoms. The first-order chi connectivity index (χ1) is 13.1. The van der Waals surface area contributed by atoms with Gasteiger partial charge in [-0.1, -0.05) is 23.2 Å². The van der Waals surface area contributed by atoms with Gasteiger partial charge in [-0.2, -0.15) is 0 Å². The second kappa shape index (κ2) is 7.47. The van der Waals surface area contributed by atoms with Gasteiger partial charge in [0, 0.05) is 19.3 Å². The first kappa shape index (κ1) is 20.2. The highest BCUT2D eigenvalue weighted by Gasteiger charge is 2.17. The van der Waals surface area contributed by atoms with E-state index in [4.69, 9.17) is 29.8 Å². The van der Waals surface area contributed by atoms with E-state index in [1.165, 1.54) is 6.07 Å². The lowest BCUT2D eigenvalue weighted by molar-refractivity contribution is 0.0662. The monoisotopic (exact) mass is 419 g/mol. The molecule has 0 saturated carbocycles. The fraction of sp³-hybridized carbons (Fsp3) is 0.316.